The summed E-state index contributed by atoms with van der Waals surface area (Å²) in [5.74, 6) is 1.89. The molecule has 1 rings (SSSR count). The van der Waals surface area contributed by atoms with Gasteiger partial charge in [0.1, 0.15) is 5.82 Å². The predicted octanol–water partition coefficient (Wildman–Crippen LogP) is 3.65. The molecule has 2 nitrogen and oxygen atoms in total. The third-order valence-corrected chi connectivity index (χ3v) is 3.00. The molecule has 1 aromatic rings. The van der Waals surface area contributed by atoms with Crippen molar-refractivity contribution >= 4 is 5.82 Å². The number of nitrogens with zero attached hydrogens (tertiary/aromatic N) is 2. The molecule has 0 amide bonds. The van der Waals surface area contributed by atoms with Crippen molar-refractivity contribution < 1.29 is 0 Å². The lowest BCUT2D eigenvalue weighted by molar-refractivity contribution is 0.538. The molecule has 2 heteroatoms. The fourth-order valence-electron chi connectivity index (χ4n) is 1.87. The molecule has 0 aromatic carbocycles. The standard InChI is InChI=1S/C14H24N2/c1-5-10-16(11-12(3)6-2)14-13(4)8-7-9-15-14/h7-9,12H,5-6,10-11H2,1-4H3. The minimum Gasteiger partial charge on any atom is -0.356 e. The van der Waals surface area contributed by atoms with E-state index in [1.165, 1.54) is 18.4 Å². The summed E-state index contributed by atoms with van der Waals surface area (Å²) < 4.78 is 0. The van der Waals surface area contributed by atoms with Gasteiger partial charge in [-0.3, -0.25) is 0 Å². The lowest BCUT2D eigenvalue weighted by Gasteiger charge is -2.27. The summed E-state index contributed by atoms with van der Waals surface area (Å²) in [4.78, 5) is 6.93. The van der Waals surface area contributed by atoms with Crippen molar-refractivity contribution in [2.75, 3.05) is 18.0 Å². The maximum Gasteiger partial charge on any atom is 0.131 e. The first kappa shape index (κ1) is 13.0. The van der Waals surface area contributed by atoms with Crippen LogP contribution in [0.1, 0.15) is 39.2 Å². The lowest BCUT2D eigenvalue weighted by Crippen LogP contribution is -2.30. The Labute approximate surface area is 99.7 Å². The topological polar surface area (TPSA) is 16.1 Å². The Morgan fingerprint density at radius 3 is 2.69 bits per heavy atom. The van der Waals surface area contributed by atoms with Gasteiger partial charge in [0.05, 0.1) is 0 Å². The van der Waals surface area contributed by atoms with E-state index in [2.05, 4.69) is 43.6 Å². The van der Waals surface area contributed by atoms with Crippen molar-refractivity contribution in [1.82, 2.24) is 4.98 Å². The second-order valence-electron chi connectivity index (χ2n) is 4.60. The first-order chi connectivity index (χ1) is 7.69. The molecule has 0 bridgehead atoms. The normalized spacial score (nSPS) is 12.5. The van der Waals surface area contributed by atoms with Crippen molar-refractivity contribution in [3.63, 3.8) is 0 Å². The van der Waals surface area contributed by atoms with Gasteiger partial charge in [-0.1, -0.05) is 33.3 Å². The Bertz CT molecular complexity index is 309. The van der Waals surface area contributed by atoms with Crippen molar-refractivity contribution in [3.05, 3.63) is 23.9 Å². The minimum absolute atomic E-state index is 0.730. The quantitative estimate of drug-likeness (QED) is 0.727. The highest BCUT2D eigenvalue weighted by Crippen LogP contribution is 2.18. The zero-order valence-electron chi connectivity index (χ0n) is 11.0. The van der Waals surface area contributed by atoms with Crippen molar-refractivity contribution in [1.29, 1.82) is 0 Å². The molecule has 0 saturated carbocycles. The number of aromatic nitrogens is 1. The molecule has 0 aliphatic rings. The van der Waals surface area contributed by atoms with E-state index < -0.39 is 0 Å². The molecule has 0 aliphatic heterocycles. The summed E-state index contributed by atoms with van der Waals surface area (Å²) in [5.41, 5.74) is 1.28. The van der Waals surface area contributed by atoms with Crippen LogP contribution >= 0.6 is 0 Å². The summed E-state index contributed by atoms with van der Waals surface area (Å²) in [6, 6.07) is 4.15. The molecule has 0 spiro atoms. The monoisotopic (exact) mass is 220 g/mol. The van der Waals surface area contributed by atoms with Gasteiger partial charge in [0.15, 0.2) is 0 Å². The van der Waals surface area contributed by atoms with Crippen LogP contribution in [0.2, 0.25) is 0 Å². The average Bonchev–Trinajstić information content (AvgIpc) is 2.29. The van der Waals surface area contributed by atoms with Gasteiger partial charge in [0, 0.05) is 19.3 Å². The maximum absolute atomic E-state index is 4.51. The van der Waals surface area contributed by atoms with Crippen LogP contribution in [-0.4, -0.2) is 18.1 Å². The second kappa shape index (κ2) is 6.51. The van der Waals surface area contributed by atoms with E-state index in [1.54, 1.807) is 0 Å². The zero-order valence-corrected chi connectivity index (χ0v) is 11.0. The van der Waals surface area contributed by atoms with E-state index in [-0.39, 0.29) is 0 Å². The fourth-order valence-corrected chi connectivity index (χ4v) is 1.87. The van der Waals surface area contributed by atoms with Crippen LogP contribution in [-0.2, 0) is 0 Å². The largest absolute Gasteiger partial charge is 0.356 e. The van der Waals surface area contributed by atoms with Gasteiger partial charge in [0.25, 0.3) is 0 Å². The molecular formula is C14H24N2. The van der Waals surface area contributed by atoms with Gasteiger partial charge in [-0.25, -0.2) is 4.98 Å². The number of hydrogen-bond acceptors (Lipinski definition) is 2. The van der Waals surface area contributed by atoms with Gasteiger partial charge in [-0.05, 0) is 30.9 Å². The zero-order chi connectivity index (χ0) is 12.0. The number of hydrogen-bond donors (Lipinski definition) is 0. The lowest BCUT2D eigenvalue weighted by atomic mass is 10.1. The molecule has 1 unspecified atom stereocenters. The number of pyridine rings is 1. The average molecular weight is 220 g/mol. The van der Waals surface area contributed by atoms with Crippen LogP contribution in [0.15, 0.2) is 18.3 Å². The highest BCUT2D eigenvalue weighted by atomic mass is 15.2. The van der Waals surface area contributed by atoms with Gasteiger partial charge in [-0.2, -0.15) is 0 Å². The van der Waals surface area contributed by atoms with Crippen LogP contribution in [0.5, 0.6) is 0 Å². The van der Waals surface area contributed by atoms with Crippen LogP contribution in [0.4, 0.5) is 5.82 Å². The summed E-state index contributed by atoms with van der Waals surface area (Å²) in [5, 5.41) is 0. The second-order valence-corrected chi connectivity index (χ2v) is 4.60. The van der Waals surface area contributed by atoms with Crippen LogP contribution in [0.3, 0.4) is 0 Å². The number of anilines is 1. The smallest absolute Gasteiger partial charge is 0.131 e. The summed E-state index contributed by atoms with van der Waals surface area (Å²) in [7, 11) is 0. The van der Waals surface area contributed by atoms with Crippen molar-refractivity contribution in [2.45, 2.75) is 40.5 Å². The van der Waals surface area contributed by atoms with Crippen LogP contribution in [0, 0.1) is 12.8 Å². The van der Waals surface area contributed by atoms with Crippen molar-refractivity contribution in [3.8, 4) is 0 Å². The van der Waals surface area contributed by atoms with Gasteiger partial charge < -0.3 is 4.90 Å². The molecule has 0 radical (unpaired) electrons. The third kappa shape index (κ3) is 3.51. The van der Waals surface area contributed by atoms with Gasteiger partial charge >= 0.3 is 0 Å². The molecule has 16 heavy (non-hydrogen) atoms. The van der Waals surface area contributed by atoms with Gasteiger partial charge in [-0.15, -0.1) is 0 Å². The van der Waals surface area contributed by atoms with E-state index in [0.717, 1.165) is 24.8 Å². The highest BCUT2D eigenvalue weighted by molar-refractivity contribution is 5.45. The van der Waals surface area contributed by atoms with Crippen molar-refractivity contribution in [2.24, 2.45) is 5.92 Å². The van der Waals surface area contributed by atoms with Crippen LogP contribution < -0.4 is 4.90 Å². The Morgan fingerprint density at radius 1 is 1.38 bits per heavy atom. The van der Waals surface area contributed by atoms with E-state index in [4.69, 9.17) is 0 Å². The van der Waals surface area contributed by atoms with E-state index in [1.807, 2.05) is 12.3 Å². The Balaban J connectivity index is 2.80. The highest BCUT2D eigenvalue weighted by Gasteiger charge is 2.12. The van der Waals surface area contributed by atoms with Crippen LogP contribution in [0.25, 0.3) is 0 Å². The predicted molar refractivity (Wildman–Crippen MR) is 70.9 cm³/mol. The molecule has 90 valence electrons. The van der Waals surface area contributed by atoms with E-state index >= 15 is 0 Å². The Morgan fingerprint density at radius 2 is 2.12 bits per heavy atom. The first-order valence-electron chi connectivity index (χ1n) is 6.35. The number of rotatable bonds is 6. The SMILES string of the molecule is CCCN(CC(C)CC)c1ncccc1C. The molecule has 1 atom stereocenters. The molecular weight excluding hydrogens is 196 g/mol. The molecule has 0 aliphatic carbocycles. The van der Waals surface area contributed by atoms with E-state index in [0.29, 0.717) is 0 Å². The molecule has 0 N–H and O–H groups in total. The van der Waals surface area contributed by atoms with Gasteiger partial charge in [0.2, 0.25) is 0 Å². The molecule has 0 fully saturated rings. The summed E-state index contributed by atoms with van der Waals surface area (Å²) >= 11 is 0. The Kier molecular flexibility index (Phi) is 5.30. The molecule has 0 saturated heterocycles. The summed E-state index contributed by atoms with van der Waals surface area (Å²) in [6.07, 6.45) is 4.29. The third-order valence-electron chi connectivity index (χ3n) is 3.00. The maximum atomic E-state index is 4.51. The Hall–Kier alpha value is -1.05. The summed E-state index contributed by atoms with van der Waals surface area (Å²) in [6.45, 7) is 11.1. The number of aryl methyl sites for hydroxylation is 1. The fraction of sp³-hybridized carbons (Fsp3) is 0.643. The first-order valence-corrected chi connectivity index (χ1v) is 6.35. The molecule has 1 aromatic heterocycles. The molecule has 1 heterocycles. The van der Waals surface area contributed by atoms with E-state index in [9.17, 15) is 0 Å². The minimum atomic E-state index is 0.730.